The van der Waals surface area contributed by atoms with E-state index in [9.17, 15) is 4.79 Å². The number of imidazole rings is 1. The molecule has 0 aliphatic carbocycles. The second-order valence-electron chi connectivity index (χ2n) is 7.04. The zero-order valence-electron chi connectivity index (χ0n) is 15.8. The van der Waals surface area contributed by atoms with Crippen LogP contribution in [0.4, 0.5) is 0 Å². The standard InChI is InChI=1S/C20H23N5O2/c1-13-11-14(2)22-20(21-13)27-16-7-6-9-24(12-16)19(26)18-15(3)23-17-8-4-5-10-25(17)18/h4-5,8,10-11,16H,6-7,9,12H2,1-3H3. The van der Waals surface area contributed by atoms with E-state index < -0.39 is 0 Å². The van der Waals surface area contributed by atoms with Crippen LogP contribution >= 0.6 is 0 Å². The van der Waals surface area contributed by atoms with Crippen LogP contribution < -0.4 is 4.74 Å². The summed E-state index contributed by atoms with van der Waals surface area (Å²) in [5, 5.41) is 0. The van der Waals surface area contributed by atoms with Crippen LogP contribution in [0.15, 0.2) is 30.5 Å². The minimum absolute atomic E-state index is 0.0131. The first kappa shape index (κ1) is 17.5. The van der Waals surface area contributed by atoms with Crippen LogP contribution in [0.25, 0.3) is 5.65 Å². The molecule has 0 bridgehead atoms. The van der Waals surface area contributed by atoms with Gasteiger partial charge in [-0.1, -0.05) is 6.07 Å². The smallest absolute Gasteiger partial charge is 0.317 e. The second kappa shape index (κ2) is 6.98. The number of pyridine rings is 1. The molecule has 1 aliphatic heterocycles. The van der Waals surface area contributed by atoms with Crippen molar-refractivity contribution < 1.29 is 9.53 Å². The van der Waals surface area contributed by atoms with E-state index >= 15 is 0 Å². The predicted molar refractivity (Wildman–Crippen MR) is 101 cm³/mol. The number of amides is 1. The first-order valence-electron chi connectivity index (χ1n) is 9.23. The molecule has 1 aliphatic rings. The number of aromatic nitrogens is 4. The molecular formula is C20H23N5O2. The molecule has 1 saturated heterocycles. The Bertz CT molecular complexity index is 977. The van der Waals surface area contributed by atoms with Gasteiger partial charge in [-0.15, -0.1) is 0 Å². The van der Waals surface area contributed by atoms with Gasteiger partial charge in [0.05, 0.1) is 12.2 Å². The number of ether oxygens (including phenoxy) is 1. The van der Waals surface area contributed by atoms with Gasteiger partial charge in [-0.05, 0) is 51.8 Å². The summed E-state index contributed by atoms with van der Waals surface area (Å²) in [6.07, 6.45) is 3.54. The van der Waals surface area contributed by atoms with Gasteiger partial charge in [0.1, 0.15) is 17.4 Å². The van der Waals surface area contributed by atoms with Crippen molar-refractivity contribution in [3.63, 3.8) is 0 Å². The Morgan fingerprint density at radius 1 is 1.15 bits per heavy atom. The van der Waals surface area contributed by atoms with Crippen LogP contribution in [0.2, 0.25) is 0 Å². The number of hydrogen-bond acceptors (Lipinski definition) is 5. The van der Waals surface area contributed by atoms with E-state index in [0.717, 1.165) is 35.6 Å². The number of likely N-dealkylation sites (tertiary alicyclic amines) is 1. The third-order valence-electron chi connectivity index (χ3n) is 4.81. The van der Waals surface area contributed by atoms with Crippen LogP contribution in [-0.2, 0) is 0 Å². The quantitative estimate of drug-likeness (QED) is 0.714. The van der Waals surface area contributed by atoms with Crippen molar-refractivity contribution in [2.45, 2.75) is 39.7 Å². The van der Waals surface area contributed by atoms with Crippen molar-refractivity contribution in [1.82, 2.24) is 24.3 Å². The molecule has 1 amide bonds. The fourth-order valence-electron chi connectivity index (χ4n) is 3.64. The zero-order valence-corrected chi connectivity index (χ0v) is 15.8. The van der Waals surface area contributed by atoms with Gasteiger partial charge in [-0.3, -0.25) is 9.20 Å². The fourth-order valence-corrected chi connectivity index (χ4v) is 3.64. The Labute approximate surface area is 158 Å². The van der Waals surface area contributed by atoms with Crippen LogP contribution in [0.1, 0.15) is 40.4 Å². The molecule has 1 fully saturated rings. The number of carbonyl (C=O) groups excluding carboxylic acids is 1. The van der Waals surface area contributed by atoms with E-state index in [1.165, 1.54) is 0 Å². The van der Waals surface area contributed by atoms with E-state index in [1.54, 1.807) is 0 Å². The molecule has 7 heteroatoms. The first-order valence-corrected chi connectivity index (χ1v) is 9.23. The van der Waals surface area contributed by atoms with Gasteiger partial charge in [0.2, 0.25) is 0 Å². The molecule has 1 unspecified atom stereocenters. The predicted octanol–water partition coefficient (Wildman–Crippen LogP) is 2.73. The highest BCUT2D eigenvalue weighted by Crippen LogP contribution is 2.20. The molecule has 0 radical (unpaired) electrons. The zero-order chi connectivity index (χ0) is 19.0. The molecule has 27 heavy (non-hydrogen) atoms. The summed E-state index contributed by atoms with van der Waals surface area (Å²) < 4.78 is 7.85. The average Bonchev–Trinajstić information content (AvgIpc) is 2.96. The van der Waals surface area contributed by atoms with Crippen molar-refractivity contribution in [3.05, 3.63) is 53.2 Å². The van der Waals surface area contributed by atoms with Gasteiger partial charge in [-0.2, -0.15) is 0 Å². The van der Waals surface area contributed by atoms with E-state index in [2.05, 4.69) is 15.0 Å². The van der Waals surface area contributed by atoms with Crippen molar-refractivity contribution in [3.8, 4) is 6.01 Å². The molecule has 3 aromatic rings. The van der Waals surface area contributed by atoms with Gasteiger partial charge in [-0.25, -0.2) is 15.0 Å². The number of piperidine rings is 1. The summed E-state index contributed by atoms with van der Waals surface area (Å²) in [6.45, 7) is 6.96. The van der Waals surface area contributed by atoms with Crippen LogP contribution in [-0.4, -0.2) is 49.4 Å². The average molecular weight is 365 g/mol. The number of carbonyl (C=O) groups is 1. The second-order valence-corrected chi connectivity index (χ2v) is 7.04. The Morgan fingerprint density at radius 3 is 2.70 bits per heavy atom. The third kappa shape index (κ3) is 3.49. The number of hydrogen-bond donors (Lipinski definition) is 0. The first-order chi connectivity index (χ1) is 13.0. The lowest BCUT2D eigenvalue weighted by Gasteiger charge is -2.32. The molecule has 0 N–H and O–H groups in total. The van der Waals surface area contributed by atoms with Crippen molar-refractivity contribution in [2.24, 2.45) is 0 Å². The molecule has 1 atom stereocenters. The molecule has 0 aromatic carbocycles. The largest absolute Gasteiger partial charge is 0.458 e. The Balaban J connectivity index is 1.54. The maximum absolute atomic E-state index is 13.2. The third-order valence-corrected chi connectivity index (χ3v) is 4.81. The topological polar surface area (TPSA) is 72.6 Å². The summed E-state index contributed by atoms with van der Waals surface area (Å²) in [7, 11) is 0. The summed E-state index contributed by atoms with van der Waals surface area (Å²) in [5.41, 5.74) is 3.90. The molecular weight excluding hydrogens is 342 g/mol. The molecule has 4 heterocycles. The SMILES string of the molecule is Cc1cc(C)nc(OC2CCCN(C(=O)c3c(C)nc4ccccn34)C2)n1. The van der Waals surface area contributed by atoms with Gasteiger partial charge < -0.3 is 9.64 Å². The number of nitrogens with zero attached hydrogens (tertiary/aromatic N) is 5. The maximum Gasteiger partial charge on any atom is 0.317 e. The van der Waals surface area contributed by atoms with E-state index in [1.807, 2.05) is 60.5 Å². The lowest BCUT2D eigenvalue weighted by atomic mass is 10.1. The molecule has 7 nitrogen and oxygen atoms in total. The van der Waals surface area contributed by atoms with Gasteiger partial charge in [0.25, 0.3) is 5.91 Å². The number of fused-ring (bicyclic) bond motifs is 1. The van der Waals surface area contributed by atoms with Crippen LogP contribution in [0.5, 0.6) is 6.01 Å². The maximum atomic E-state index is 13.2. The molecule has 0 saturated carbocycles. The molecule has 0 spiro atoms. The van der Waals surface area contributed by atoms with Gasteiger partial charge >= 0.3 is 6.01 Å². The van der Waals surface area contributed by atoms with Crippen molar-refractivity contribution in [1.29, 1.82) is 0 Å². The summed E-state index contributed by atoms with van der Waals surface area (Å²) >= 11 is 0. The van der Waals surface area contributed by atoms with Crippen LogP contribution in [0, 0.1) is 20.8 Å². The molecule has 140 valence electrons. The van der Waals surface area contributed by atoms with E-state index in [-0.39, 0.29) is 12.0 Å². The Kier molecular flexibility index (Phi) is 4.51. The summed E-state index contributed by atoms with van der Waals surface area (Å²) in [5.74, 6) is -0.0131. The van der Waals surface area contributed by atoms with Gasteiger partial charge in [0, 0.05) is 24.1 Å². The highest BCUT2D eigenvalue weighted by Gasteiger charge is 2.29. The minimum Gasteiger partial charge on any atom is -0.458 e. The normalized spacial score (nSPS) is 17.3. The number of rotatable bonds is 3. The van der Waals surface area contributed by atoms with Gasteiger partial charge in [0.15, 0.2) is 0 Å². The van der Waals surface area contributed by atoms with E-state index in [4.69, 9.17) is 4.74 Å². The Hall–Kier alpha value is -2.96. The fraction of sp³-hybridized carbons (Fsp3) is 0.400. The summed E-state index contributed by atoms with van der Waals surface area (Å²) in [4.78, 5) is 28.2. The minimum atomic E-state index is -0.108. The van der Waals surface area contributed by atoms with Crippen molar-refractivity contribution >= 4 is 11.6 Å². The highest BCUT2D eigenvalue weighted by molar-refractivity contribution is 5.94. The lowest BCUT2D eigenvalue weighted by molar-refractivity contribution is 0.0508. The molecule has 3 aromatic heterocycles. The van der Waals surface area contributed by atoms with Crippen LogP contribution in [0.3, 0.4) is 0 Å². The number of aryl methyl sites for hydroxylation is 3. The van der Waals surface area contributed by atoms with E-state index in [0.29, 0.717) is 24.8 Å². The Morgan fingerprint density at radius 2 is 1.93 bits per heavy atom. The monoisotopic (exact) mass is 365 g/mol. The lowest BCUT2D eigenvalue weighted by Crippen LogP contribution is -2.45. The summed E-state index contributed by atoms with van der Waals surface area (Å²) in [6, 6.07) is 8.04. The highest BCUT2D eigenvalue weighted by atomic mass is 16.5. The molecule has 4 rings (SSSR count). The van der Waals surface area contributed by atoms with Crippen molar-refractivity contribution in [2.75, 3.05) is 13.1 Å².